The van der Waals surface area contributed by atoms with Crippen molar-refractivity contribution in [3.63, 3.8) is 0 Å². The normalized spacial score (nSPS) is 12.2. The quantitative estimate of drug-likeness (QED) is 0.646. The zero-order chi connectivity index (χ0) is 11.8. The van der Waals surface area contributed by atoms with Gasteiger partial charge in [-0.1, -0.05) is 44.4 Å². The van der Waals surface area contributed by atoms with Crippen LogP contribution >= 0.6 is 0 Å². The summed E-state index contributed by atoms with van der Waals surface area (Å²) in [5.74, 6) is -0.759. The third kappa shape index (κ3) is 5.40. The maximum absolute atomic E-state index is 10.6. The lowest BCUT2D eigenvalue weighted by Gasteiger charge is -2.13. The second kappa shape index (κ2) is 7.27. The van der Waals surface area contributed by atoms with Gasteiger partial charge in [0, 0.05) is 0 Å². The Morgan fingerprint density at radius 2 is 1.73 bits per heavy atom. The number of carboxylic acid groups (broad SMARTS) is 1. The molecule has 0 aromatic heterocycles. The summed E-state index contributed by atoms with van der Waals surface area (Å²) in [4.78, 5) is 10.6. The summed E-state index contributed by atoms with van der Waals surface area (Å²) in [5, 5.41) is 8.75. The summed E-state index contributed by atoms with van der Waals surface area (Å²) in [7, 11) is 0. The van der Waals surface area contributed by atoms with Crippen molar-refractivity contribution in [1.82, 2.24) is 0 Å². The molecule has 0 fully saturated rings. The number of hydrogen-bond acceptors (Lipinski definition) is 1. The van der Waals surface area contributed by atoms with E-state index < -0.39 is 5.97 Å². The van der Waals surface area contributed by atoms with Crippen LogP contribution in [0.5, 0.6) is 0 Å². The number of carbonyl (C=O) groups is 1. The van der Waals surface area contributed by atoms with Gasteiger partial charge < -0.3 is 5.11 Å². The summed E-state index contributed by atoms with van der Waals surface area (Å²) < 4.78 is 0. The lowest BCUT2D eigenvalue weighted by Crippen LogP contribution is -2.00. The van der Waals surface area contributed by atoms with Crippen LogP contribution in [0.3, 0.4) is 0 Å². The SMILES string of the molecule is C=C(CCC)/C(CCC)=C(\C)CC(=O)O. The molecular formula is C13H22O2. The van der Waals surface area contributed by atoms with E-state index >= 15 is 0 Å². The first-order valence-corrected chi connectivity index (χ1v) is 5.61. The van der Waals surface area contributed by atoms with E-state index in [0.717, 1.165) is 36.8 Å². The molecule has 0 saturated carbocycles. The Morgan fingerprint density at radius 3 is 2.13 bits per heavy atom. The zero-order valence-corrected chi connectivity index (χ0v) is 10.1. The molecule has 0 heterocycles. The van der Waals surface area contributed by atoms with Gasteiger partial charge in [0.15, 0.2) is 0 Å². The molecule has 0 rings (SSSR count). The van der Waals surface area contributed by atoms with E-state index in [9.17, 15) is 4.79 Å². The molecule has 2 nitrogen and oxygen atoms in total. The topological polar surface area (TPSA) is 37.3 Å². The third-order valence-corrected chi connectivity index (χ3v) is 2.41. The Hall–Kier alpha value is -1.05. The van der Waals surface area contributed by atoms with Gasteiger partial charge in [-0.25, -0.2) is 0 Å². The highest BCUT2D eigenvalue weighted by Gasteiger charge is 2.08. The van der Waals surface area contributed by atoms with Crippen LogP contribution in [0.4, 0.5) is 0 Å². The van der Waals surface area contributed by atoms with Gasteiger partial charge in [0.25, 0.3) is 0 Å². The minimum Gasteiger partial charge on any atom is -0.481 e. The fraction of sp³-hybridized carbons (Fsp3) is 0.615. The van der Waals surface area contributed by atoms with E-state index in [0.29, 0.717) is 0 Å². The van der Waals surface area contributed by atoms with Gasteiger partial charge in [0.1, 0.15) is 0 Å². The number of rotatable bonds is 7. The fourth-order valence-electron chi connectivity index (χ4n) is 1.73. The Morgan fingerprint density at radius 1 is 1.20 bits per heavy atom. The van der Waals surface area contributed by atoms with Crippen LogP contribution < -0.4 is 0 Å². The van der Waals surface area contributed by atoms with Crippen molar-refractivity contribution >= 4 is 5.97 Å². The first-order chi connectivity index (χ1) is 7.02. The number of carboxylic acids is 1. The van der Waals surface area contributed by atoms with Gasteiger partial charge in [-0.2, -0.15) is 0 Å². The van der Waals surface area contributed by atoms with Crippen LogP contribution in [0.25, 0.3) is 0 Å². The molecule has 86 valence electrons. The number of hydrogen-bond donors (Lipinski definition) is 1. The van der Waals surface area contributed by atoms with Gasteiger partial charge in [0.2, 0.25) is 0 Å². The molecule has 0 bridgehead atoms. The summed E-state index contributed by atoms with van der Waals surface area (Å²) in [6, 6.07) is 0. The molecule has 1 N–H and O–H groups in total. The predicted molar refractivity (Wildman–Crippen MR) is 63.9 cm³/mol. The fourth-order valence-corrected chi connectivity index (χ4v) is 1.73. The molecule has 0 aliphatic rings. The molecule has 0 aliphatic carbocycles. The van der Waals surface area contributed by atoms with Crippen molar-refractivity contribution in [3.05, 3.63) is 23.3 Å². The van der Waals surface area contributed by atoms with Crippen molar-refractivity contribution in [2.75, 3.05) is 0 Å². The molecule has 0 spiro atoms. The average Bonchev–Trinajstić information content (AvgIpc) is 2.13. The monoisotopic (exact) mass is 210 g/mol. The molecule has 0 aromatic rings. The van der Waals surface area contributed by atoms with E-state index in [4.69, 9.17) is 5.11 Å². The second-order valence-corrected chi connectivity index (χ2v) is 3.93. The standard InChI is InChI=1S/C13H22O2/c1-5-7-10(3)12(8-6-2)11(4)9-13(14)15/h3,5-9H2,1-2,4H3,(H,14,15)/b12-11+. The van der Waals surface area contributed by atoms with Gasteiger partial charge in [-0.3, -0.25) is 4.79 Å². The number of allylic oxidation sites excluding steroid dienone is 2. The van der Waals surface area contributed by atoms with E-state index in [1.807, 2.05) is 6.92 Å². The smallest absolute Gasteiger partial charge is 0.307 e. The van der Waals surface area contributed by atoms with E-state index in [-0.39, 0.29) is 6.42 Å². The van der Waals surface area contributed by atoms with Gasteiger partial charge >= 0.3 is 5.97 Å². The zero-order valence-electron chi connectivity index (χ0n) is 10.1. The summed E-state index contributed by atoms with van der Waals surface area (Å²) in [6.45, 7) is 10.2. The van der Waals surface area contributed by atoms with Crippen molar-refractivity contribution in [2.45, 2.75) is 52.9 Å². The van der Waals surface area contributed by atoms with Crippen molar-refractivity contribution in [1.29, 1.82) is 0 Å². The maximum Gasteiger partial charge on any atom is 0.307 e. The summed E-state index contributed by atoms with van der Waals surface area (Å²) in [6.07, 6.45) is 4.14. The van der Waals surface area contributed by atoms with Crippen molar-refractivity contribution < 1.29 is 9.90 Å². The second-order valence-electron chi connectivity index (χ2n) is 3.93. The molecule has 0 aromatic carbocycles. The average molecular weight is 210 g/mol. The Kier molecular flexibility index (Phi) is 6.76. The highest BCUT2D eigenvalue weighted by atomic mass is 16.4. The molecule has 0 amide bonds. The van der Waals surface area contributed by atoms with E-state index in [1.165, 1.54) is 5.57 Å². The van der Waals surface area contributed by atoms with Gasteiger partial charge in [0.05, 0.1) is 6.42 Å². The Bertz CT molecular complexity index is 262. The largest absolute Gasteiger partial charge is 0.481 e. The Balaban J connectivity index is 4.74. The van der Waals surface area contributed by atoms with Crippen LogP contribution in [0.1, 0.15) is 52.9 Å². The number of aliphatic carboxylic acids is 1. The molecular weight excluding hydrogens is 188 g/mol. The van der Waals surface area contributed by atoms with Crippen LogP contribution in [0.2, 0.25) is 0 Å². The van der Waals surface area contributed by atoms with Crippen LogP contribution in [0.15, 0.2) is 23.3 Å². The van der Waals surface area contributed by atoms with Crippen molar-refractivity contribution in [2.24, 2.45) is 0 Å². The van der Waals surface area contributed by atoms with Gasteiger partial charge in [-0.15, -0.1) is 0 Å². The third-order valence-electron chi connectivity index (χ3n) is 2.41. The van der Waals surface area contributed by atoms with Crippen LogP contribution in [0, 0.1) is 0 Å². The lowest BCUT2D eigenvalue weighted by atomic mass is 9.93. The van der Waals surface area contributed by atoms with Crippen LogP contribution in [-0.2, 0) is 4.79 Å². The summed E-state index contributed by atoms with van der Waals surface area (Å²) >= 11 is 0. The minimum absolute atomic E-state index is 0.137. The molecule has 0 unspecified atom stereocenters. The van der Waals surface area contributed by atoms with E-state index in [2.05, 4.69) is 20.4 Å². The van der Waals surface area contributed by atoms with Gasteiger partial charge in [-0.05, 0) is 25.3 Å². The minimum atomic E-state index is -0.759. The lowest BCUT2D eigenvalue weighted by molar-refractivity contribution is -0.136. The molecule has 0 aliphatic heterocycles. The Labute approximate surface area is 92.7 Å². The van der Waals surface area contributed by atoms with Crippen molar-refractivity contribution in [3.8, 4) is 0 Å². The molecule has 0 radical (unpaired) electrons. The summed E-state index contributed by atoms with van der Waals surface area (Å²) in [5.41, 5.74) is 3.24. The molecule has 15 heavy (non-hydrogen) atoms. The molecule has 2 heteroatoms. The highest BCUT2D eigenvalue weighted by molar-refractivity contribution is 5.70. The predicted octanol–water partition coefficient (Wildman–Crippen LogP) is 3.93. The first kappa shape index (κ1) is 13.9. The molecule has 0 atom stereocenters. The van der Waals surface area contributed by atoms with E-state index in [1.54, 1.807) is 0 Å². The molecule has 0 saturated heterocycles. The highest BCUT2D eigenvalue weighted by Crippen LogP contribution is 2.24. The maximum atomic E-state index is 10.6. The first-order valence-electron chi connectivity index (χ1n) is 5.61. The van der Waals surface area contributed by atoms with Crippen LogP contribution in [-0.4, -0.2) is 11.1 Å².